The molecule has 0 saturated heterocycles. The van der Waals surface area contributed by atoms with Crippen LogP contribution in [-0.2, 0) is 6.42 Å². The maximum absolute atomic E-state index is 12.3. The summed E-state index contributed by atoms with van der Waals surface area (Å²) >= 11 is 0. The van der Waals surface area contributed by atoms with E-state index < -0.39 is 0 Å². The van der Waals surface area contributed by atoms with E-state index in [1.165, 1.54) is 23.6 Å². The highest BCUT2D eigenvalue weighted by Gasteiger charge is 1.88. The van der Waals surface area contributed by atoms with Gasteiger partial charge in [0.2, 0.25) is 0 Å². The largest absolute Gasteiger partial charge is 0.207 e. The van der Waals surface area contributed by atoms with E-state index >= 15 is 0 Å². The molecule has 0 atom stereocenters. The summed E-state index contributed by atoms with van der Waals surface area (Å²) in [6.45, 7) is 10.3. The Kier molecular flexibility index (Phi) is 10.3. The number of aryl methyl sites for hydroxylation is 3. The van der Waals surface area contributed by atoms with Gasteiger partial charge in [-0.2, -0.15) is 0 Å². The van der Waals surface area contributed by atoms with Gasteiger partial charge in [0.25, 0.3) is 0 Å². The second kappa shape index (κ2) is 11.2. The predicted molar refractivity (Wildman–Crippen MR) is 87.7 cm³/mol. The van der Waals surface area contributed by atoms with Crippen LogP contribution in [-0.4, -0.2) is 0 Å². The number of hydrogen-bond acceptors (Lipinski definition) is 0. The summed E-state index contributed by atoms with van der Waals surface area (Å²) in [6, 6.07) is 15.3. The molecular formula is C19H27F. The Bertz CT molecular complexity index is 454. The van der Waals surface area contributed by atoms with Crippen LogP contribution in [0.5, 0.6) is 0 Å². The maximum Gasteiger partial charge on any atom is 0.126 e. The van der Waals surface area contributed by atoms with Crippen LogP contribution in [0.1, 0.15) is 43.9 Å². The van der Waals surface area contributed by atoms with Gasteiger partial charge in [0, 0.05) is 0 Å². The highest BCUT2D eigenvalue weighted by molar-refractivity contribution is 5.21. The molecule has 0 aliphatic rings. The molecule has 1 heteroatoms. The van der Waals surface area contributed by atoms with Crippen molar-refractivity contribution >= 4 is 0 Å². The molecule has 0 spiro atoms. The topological polar surface area (TPSA) is 0 Å². The van der Waals surface area contributed by atoms with E-state index in [0.29, 0.717) is 5.56 Å². The SMILES string of the molecule is CCC.CCc1cccc(C)c1.Cc1ccccc1F. The van der Waals surface area contributed by atoms with Crippen molar-refractivity contribution in [1.82, 2.24) is 0 Å². The maximum atomic E-state index is 12.3. The third-order valence-corrected chi connectivity index (χ3v) is 2.57. The van der Waals surface area contributed by atoms with Gasteiger partial charge in [-0.3, -0.25) is 0 Å². The average Bonchev–Trinajstić information content (AvgIpc) is 2.44. The number of hydrogen-bond donors (Lipinski definition) is 0. The highest BCUT2D eigenvalue weighted by Crippen LogP contribution is 2.03. The number of benzene rings is 2. The van der Waals surface area contributed by atoms with Crippen LogP contribution < -0.4 is 0 Å². The minimum absolute atomic E-state index is 0.132. The van der Waals surface area contributed by atoms with Crippen LogP contribution >= 0.6 is 0 Å². The first-order valence-corrected chi connectivity index (χ1v) is 7.31. The molecule has 2 aromatic carbocycles. The molecule has 0 unspecified atom stereocenters. The monoisotopic (exact) mass is 274 g/mol. The summed E-state index contributed by atoms with van der Waals surface area (Å²) in [5.74, 6) is -0.132. The van der Waals surface area contributed by atoms with Crippen LogP contribution in [0.3, 0.4) is 0 Å². The second-order valence-corrected chi connectivity index (χ2v) is 4.80. The van der Waals surface area contributed by atoms with E-state index in [4.69, 9.17) is 0 Å². The van der Waals surface area contributed by atoms with Crippen LogP contribution in [0.4, 0.5) is 4.39 Å². The summed E-state index contributed by atoms with van der Waals surface area (Å²) in [7, 11) is 0. The Morgan fingerprint density at radius 2 is 1.45 bits per heavy atom. The molecule has 0 amide bonds. The van der Waals surface area contributed by atoms with Gasteiger partial charge in [-0.25, -0.2) is 4.39 Å². The van der Waals surface area contributed by atoms with E-state index in [0.717, 1.165) is 6.42 Å². The van der Waals surface area contributed by atoms with E-state index in [9.17, 15) is 4.39 Å². The van der Waals surface area contributed by atoms with Crippen molar-refractivity contribution in [3.05, 3.63) is 71.0 Å². The van der Waals surface area contributed by atoms with Crippen LogP contribution in [0.25, 0.3) is 0 Å². The van der Waals surface area contributed by atoms with Gasteiger partial charge >= 0.3 is 0 Å². The zero-order valence-electron chi connectivity index (χ0n) is 13.4. The smallest absolute Gasteiger partial charge is 0.126 e. The molecule has 0 aliphatic heterocycles. The van der Waals surface area contributed by atoms with Crippen molar-refractivity contribution in [3.63, 3.8) is 0 Å². The van der Waals surface area contributed by atoms with Crippen LogP contribution in [0.15, 0.2) is 48.5 Å². The van der Waals surface area contributed by atoms with E-state index in [1.54, 1.807) is 19.1 Å². The molecule has 0 nitrogen and oxygen atoms in total. The van der Waals surface area contributed by atoms with Crippen molar-refractivity contribution in [2.75, 3.05) is 0 Å². The summed E-state index contributed by atoms with van der Waals surface area (Å²) in [4.78, 5) is 0. The fourth-order valence-electron chi connectivity index (χ4n) is 1.48. The first-order valence-electron chi connectivity index (χ1n) is 7.31. The lowest BCUT2D eigenvalue weighted by Gasteiger charge is -1.95. The molecule has 0 bridgehead atoms. The van der Waals surface area contributed by atoms with Crippen molar-refractivity contribution in [2.45, 2.75) is 47.5 Å². The molecule has 0 heterocycles. The van der Waals surface area contributed by atoms with Gasteiger partial charge in [0.15, 0.2) is 0 Å². The molecule has 2 aromatic rings. The first kappa shape index (κ1) is 18.4. The molecule has 0 fully saturated rings. The molecule has 0 aliphatic carbocycles. The Labute approximate surface area is 123 Å². The average molecular weight is 274 g/mol. The zero-order valence-corrected chi connectivity index (χ0v) is 13.4. The van der Waals surface area contributed by atoms with Crippen LogP contribution in [0, 0.1) is 19.7 Å². The van der Waals surface area contributed by atoms with Crippen molar-refractivity contribution < 1.29 is 4.39 Å². The van der Waals surface area contributed by atoms with E-state index in [2.05, 4.69) is 52.0 Å². The minimum Gasteiger partial charge on any atom is -0.207 e. The molecule has 0 N–H and O–H groups in total. The number of rotatable bonds is 1. The van der Waals surface area contributed by atoms with Crippen molar-refractivity contribution in [1.29, 1.82) is 0 Å². The summed E-state index contributed by atoms with van der Waals surface area (Å²) in [5, 5.41) is 0. The first-order chi connectivity index (χ1) is 9.54. The molecule has 2 rings (SSSR count). The Balaban J connectivity index is 0.000000304. The predicted octanol–water partition coefficient (Wildman–Crippen LogP) is 6.11. The minimum atomic E-state index is -0.132. The van der Waals surface area contributed by atoms with Gasteiger partial charge in [-0.15, -0.1) is 0 Å². The lowest BCUT2D eigenvalue weighted by molar-refractivity contribution is 0.618. The van der Waals surface area contributed by atoms with Crippen molar-refractivity contribution in [2.24, 2.45) is 0 Å². The standard InChI is InChI=1S/C9H12.C7H7F.C3H8/c1-3-9-6-4-5-8(2)7-9;1-6-4-2-3-5-7(6)8;1-3-2/h4-7H,3H2,1-2H3;2-5H,1H3;3H2,1-2H3. The summed E-state index contributed by atoms with van der Waals surface area (Å²) in [5.41, 5.74) is 3.48. The molecule has 110 valence electrons. The molecule has 0 radical (unpaired) electrons. The normalized spacial score (nSPS) is 8.90. The van der Waals surface area contributed by atoms with Gasteiger partial charge < -0.3 is 0 Å². The lowest BCUT2D eigenvalue weighted by Crippen LogP contribution is -1.78. The van der Waals surface area contributed by atoms with Gasteiger partial charge in [0.05, 0.1) is 0 Å². The van der Waals surface area contributed by atoms with Gasteiger partial charge in [-0.1, -0.05) is 75.2 Å². The molecule has 20 heavy (non-hydrogen) atoms. The fourth-order valence-corrected chi connectivity index (χ4v) is 1.48. The molecule has 0 saturated carbocycles. The summed E-state index contributed by atoms with van der Waals surface area (Å²) < 4.78 is 12.3. The molecule has 0 aromatic heterocycles. The van der Waals surface area contributed by atoms with E-state index in [-0.39, 0.29) is 5.82 Å². The second-order valence-electron chi connectivity index (χ2n) is 4.80. The molecular weight excluding hydrogens is 247 g/mol. The summed E-state index contributed by atoms with van der Waals surface area (Å²) in [6.07, 6.45) is 2.39. The van der Waals surface area contributed by atoms with Gasteiger partial charge in [0.1, 0.15) is 5.82 Å². The Hall–Kier alpha value is -1.63. The highest BCUT2D eigenvalue weighted by atomic mass is 19.1. The zero-order chi connectivity index (χ0) is 15.4. The Morgan fingerprint density at radius 3 is 1.80 bits per heavy atom. The third kappa shape index (κ3) is 8.47. The lowest BCUT2D eigenvalue weighted by atomic mass is 10.1. The van der Waals surface area contributed by atoms with Crippen LogP contribution in [0.2, 0.25) is 0 Å². The van der Waals surface area contributed by atoms with Gasteiger partial charge in [-0.05, 0) is 37.5 Å². The Morgan fingerprint density at radius 1 is 0.850 bits per heavy atom. The third-order valence-electron chi connectivity index (χ3n) is 2.57. The van der Waals surface area contributed by atoms with Crippen molar-refractivity contribution in [3.8, 4) is 0 Å². The quantitative estimate of drug-likeness (QED) is 0.588. The number of halogens is 1. The van der Waals surface area contributed by atoms with E-state index in [1.807, 2.05) is 6.07 Å². The fraction of sp³-hybridized carbons (Fsp3) is 0.368.